The normalized spacial score (nSPS) is 20.8. The minimum absolute atomic E-state index is 0.0474. The first-order valence-corrected chi connectivity index (χ1v) is 8.48. The Labute approximate surface area is 128 Å². The average Bonchev–Trinajstić information content (AvgIpc) is 2.77. The summed E-state index contributed by atoms with van der Waals surface area (Å²) in [7, 11) is -3.22. The summed E-state index contributed by atoms with van der Waals surface area (Å²) >= 11 is 0. The van der Waals surface area contributed by atoms with E-state index in [1.807, 2.05) is 0 Å². The number of nitrogens with one attached hydrogen (secondary N) is 1. The van der Waals surface area contributed by atoms with Crippen LogP contribution >= 0.6 is 0 Å². The summed E-state index contributed by atoms with van der Waals surface area (Å²) in [5.74, 6) is -2.84. The third-order valence-corrected chi connectivity index (χ3v) is 5.27. The first-order valence-electron chi connectivity index (χ1n) is 6.66. The zero-order chi connectivity index (χ0) is 16.8. The lowest BCUT2D eigenvalue weighted by molar-refractivity contribution is -0.144. The molecule has 1 aliphatic rings. The van der Waals surface area contributed by atoms with Crippen molar-refractivity contribution in [3.8, 4) is 0 Å². The maximum Gasteiger partial charge on any atom is 0.451 e. The van der Waals surface area contributed by atoms with Crippen molar-refractivity contribution in [1.82, 2.24) is 9.97 Å². The third kappa shape index (κ3) is 3.21. The highest BCUT2D eigenvalue weighted by atomic mass is 32.2. The molecule has 1 aromatic carbocycles. The van der Waals surface area contributed by atoms with Gasteiger partial charge in [-0.3, -0.25) is 0 Å². The first-order chi connectivity index (χ1) is 10.7. The van der Waals surface area contributed by atoms with Gasteiger partial charge in [0.15, 0.2) is 9.84 Å². The minimum Gasteiger partial charge on any atom is -0.366 e. The summed E-state index contributed by atoms with van der Waals surface area (Å²) in [5, 5.41) is 2.75. The van der Waals surface area contributed by atoms with Crippen LogP contribution in [0, 0.1) is 5.82 Å². The second kappa shape index (κ2) is 5.29. The van der Waals surface area contributed by atoms with Gasteiger partial charge in [-0.2, -0.15) is 13.2 Å². The number of fused-ring (bicyclic) bond motifs is 1. The van der Waals surface area contributed by atoms with Gasteiger partial charge in [0.1, 0.15) is 17.2 Å². The second-order valence-corrected chi connectivity index (χ2v) is 7.50. The summed E-state index contributed by atoms with van der Waals surface area (Å²) in [6.45, 7) is 0. The number of rotatable bonds is 2. The molecule has 1 saturated heterocycles. The molecule has 3 rings (SSSR count). The summed E-state index contributed by atoms with van der Waals surface area (Å²) in [4.78, 5) is 6.66. The van der Waals surface area contributed by atoms with Crippen LogP contribution in [0.1, 0.15) is 12.2 Å². The van der Waals surface area contributed by atoms with Crippen molar-refractivity contribution in [2.75, 3.05) is 16.8 Å². The number of anilines is 1. The van der Waals surface area contributed by atoms with Crippen molar-refractivity contribution < 1.29 is 26.0 Å². The molecule has 0 amide bonds. The molecule has 0 aliphatic carbocycles. The van der Waals surface area contributed by atoms with Gasteiger partial charge in [-0.25, -0.2) is 22.8 Å². The first kappa shape index (κ1) is 15.9. The van der Waals surface area contributed by atoms with Gasteiger partial charge < -0.3 is 5.32 Å². The van der Waals surface area contributed by atoms with Gasteiger partial charge in [0.25, 0.3) is 0 Å². The van der Waals surface area contributed by atoms with Crippen molar-refractivity contribution in [3.63, 3.8) is 0 Å². The van der Waals surface area contributed by atoms with Gasteiger partial charge in [0.05, 0.1) is 11.5 Å². The molecule has 0 bridgehead atoms. The fourth-order valence-corrected chi connectivity index (χ4v) is 4.13. The van der Waals surface area contributed by atoms with Crippen LogP contribution in [0.2, 0.25) is 0 Å². The van der Waals surface area contributed by atoms with Gasteiger partial charge in [-0.1, -0.05) is 6.07 Å². The molecule has 1 unspecified atom stereocenters. The molecule has 0 spiro atoms. The standard InChI is InChI=1S/C13H11F4N3O2S/c14-9-3-1-2-8-10(9)19-12(13(15,16)17)20-11(8)18-7-4-5-23(21,22)6-7/h1-3,7H,4-6H2,(H,18,19,20). The Bertz CT molecular complexity index is 867. The monoisotopic (exact) mass is 349 g/mol. The summed E-state index contributed by atoms with van der Waals surface area (Å²) in [6, 6.07) is 3.14. The van der Waals surface area contributed by atoms with Crippen LogP contribution in [-0.4, -0.2) is 35.9 Å². The number of hydrogen-bond donors (Lipinski definition) is 1. The van der Waals surface area contributed by atoms with E-state index in [0.717, 1.165) is 6.07 Å². The minimum atomic E-state index is -4.84. The van der Waals surface area contributed by atoms with Gasteiger partial charge in [0, 0.05) is 11.4 Å². The summed E-state index contributed by atoms with van der Waals surface area (Å²) < 4.78 is 75.4. The maximum atomic E-state index is 13.8. The number of halogens is 4. The molecule has 2 aromatic rings. The smallest absolute Gasteiger partial charge is 0.366 e. The predicted molar refractivity (Wildman–Crippen MR) is 75.2 cm³/mol. The molecule has 23 heavy (non-hydrogen) atoms. The lowest BCUT2D eigenvalue weighted by Crippen LogP contribution is -2.23. The van der Waals surface area contributed by atoms with Gasteiger partial charge in [0.2, 0.25) is 5.82 Å². The number of nitrogens with zero attached hydrogens (tertiary/aromatic N) is 2. The van der Waals surface area contributed by atoms with E-state index in [-0.39, 0.29) is 29.1 Å². The van der Waals surface area contributed by atoms with Crippen LogP contribution in [0.15, 0.2) is 18.2 Å². The Morgan fingerprint density at radius 3 is 2.57 bits per heavy atom. The predicted octanol–water partition coefficient (Wildman–Crippen LogP) is 2.39. The molecule has 1 atom stereocenters. The van der Waals surface area contributed by atoms with Gasteiger partial charge >= 0.3 is 6.18 Å². The van der Waals surface area contributed by atoms with E-state index in [1.165, 1.54) is 12.1 Å². The van der Waals surface area contributed by atoms with Crippen LogP contribution < -0.4 is 5.32 Å². The average molecular weight is 349 g/mol. The Hall–Kier alpha value is -1.97. The third-order valence-electron chi connectivity index (χ3n) is 3.50. The number of sulfone groups is 1. The molecule has 124 valence electrons. The van der Waals surface area contributed by atoms with E-state index < -0.39 is 39.2 Å². The summed E-state index contributed by atoms with van der Waals surface area (Å²) in [6.07, 6.45) is -4.58. The molecule has 1 aromatic heterocycles. The zero-order valence-corrected chi connectivity index (χ0v) is 12.4. The Kier molecular flexibility index (Phi) is 3.66. The van der Waals surface area contributed by atoms with Crippen molar-refractivity contribution in [3.05, 3.63) is 29.8 Å². The number of hydrogen-bond acceptors (Lipinski definition) is 5. The largest absolute Gasteiger partial charge is 0.451 e. The van der Waals surface area contributed by atoms with Crippen LogP contribution in [0.3, 0.4) is 0 Å². The van der Waals surface area contributed by atoms with Crippen LogP contribution in [0.5, 0.6) is 0 Å². The van der Waals surface area contributed by atoms with Crippen LogP contribution in [-0.2, 0) is 16.0 Å². The molecule has 1 aliphatic heterocycles. The van der Waals surface area contributed by atoms with E-state index in [1.54, 1.807) is 0 Å². The lowest BCUT2D eigenvalue weighted by atomic mass is 10.2. The molecule has 0 saturated carbocycles. The highest BCUT2D eigenvalue weighted by Crippen LogP contribution is 2.32. The Morgan fingerprint density at radius 2 is 1.96 bits per heavy atom. The molecular weight excluding hydrogens is 338 g/mol. The van der Waals surface area contributed by atoms with E-state index in [4.69, 9.17) is 0 Å². The van der Waals surface area contributed by atoms with E-state index in [2.05, 4.69) is 15.3 Å². The van der Waals surface area contributed by atoms with Crippen LogP contribution in [0.25, 0.3) is 10.9 Å². The van der Waals surface area contributed by atoms with Gasteiger partial charge in [-0.15, -0.1) is 0 Å². The molecular formula is C13H11F4N3O2S. The van der Waals surface area contributed by atoms with Crippen LogP contribution in [0.4, 0.5) is 23.4 Å². The lowest BCUT2D eigenvalue weighted by Gasteiger charge is -2.15. The van der Waals surface area contributed by atoms with Gasteiger partial charge in [-0.05, 0) is 18.6 Å². The topological polar surface area (TPSA) is 72.0 Å². The molecule has 1 N–H and O–H groups in total. The van der Waals surface area contributed by atoms with Crippen molar-refractivity contribution in [1.29, 1.82) is 0 Å². The SMILES string of the molecule is O=S1(=O)CCC(Nc2nc(C(F)(F)F)nc3c(F)cccc23)C1. The number of aromatic nitrogens is 2. The highest BCUT2D eigenvalue weighted by Gasteiger charge is 2.36. The number of para-hydroxylation sites is 1. The van der Waals surface area contributed by atoms with E-state index in [0.29, 0.717) is 0 Å². The highest BCUT2D eigenvalue weighted by molar-refractivity contribution is 7.91. The maximum absolute atomic E-state index is 13.8. The van der Waals surface area contributed by atoms with E-state index >= 15 is 0 Å². The Morgan fingerprint density at radius 1 is 1.22 bits per heavy atom. The number of alkyl halides is 3. The quantitative estimate of drug-likeness (QED) is 0.843. The second-order valence-electron chi connectivity index (χ2n) is 5.27. The molecule has 0 radical (unpaired) electrons. The summed E-state index contributed by atoms with van der Waals surface area (Å²) in [5.41, 5.74) is -0.460. The molecule has 2 heterocycles. The van der Waals surface area contributed by atoms with Crippen molar-refractivity contribution >= 4 is 26.6 Å². The molecule has 10 heteroatoms. The Balaban J connectivity index is 2.09. The van der Waals surface area contributed by atoms with Crippen molar-refractivity contribution in [2.24, 2.45) is 0 Å². The fourth-order valence-electron chi connectivity index (χ4n) is 2.46. The molecule has 1 fully saturated rings. The number of benzene rings is 1. The zero-order valence-electron chi connectivity index (χ0n) is 11.6. The molecule has 5 nitrogen and oxygen atoms in total. The fraction of sp³-hybridized carbons (Fsp3) is 0.385. The van der Waals surface area contributed by atoms with Crippen molar-refractivity contribution in [2.45, 2.75) is 18.6 Å². The van der Waals surface area contributed by atoms with E-state index in [9.17, 15) is 26.0 Å².